The van der Waals surface area contributed by atoms with Crippen molar-refractivity contribution in [1.29, 1.82) is 0 Å². The number of nitro benzene ring substituents is 1. The highest BCUT2D eigenvalue weighted by molar-refractivity contribution is 6.30. The summed E-state index contributed by atoms with van der Waals surface area (Å²) in [6, 6.07) is 3.69. The fourth-order valence-electron chi connectivity index (χ4n) is 1.43. The van der Waals surface area contributed by atoms with Crippen LogP contribution in [0, 0.1) is 10.1 Å². The average molecular weight is 286 g/mol. The van der Waals surface area contributed by atoms with Gasteiger partial charge in [-0.3, -0.25) is 10.1 Å². The van der Waals surface area contributed by atoms with Gasteiger partial charge in [0.15, 0.2) is 0 Å². The number of hydrogen-bond donors (Lipinski definition) is 1. The van der Waals surface area contributed by atoms with Crippen molar-refractivity contribution in [2.45, 2.75) is 13.0 Å². The molecule has 0 aliphatic rings. The van der Waals surface area contributed by atoms with Crippen LogP contribution in [-0.2, 0) is 9.53 Å². The van der Waals surface area contributed by atoms with Crippen LogP contribution in [0.3, 0.4) is 0 Å². The zero-order chi connectivity index (χ0) is 14.6. The highest BCUT2D eigenvalue weighted by Gasteiger charge is 2.26. The number of ether oxygens (including phenoxy) is 1. The van der Waals surface area contributed by atoms with E-state index in [2.05, 4.69) is 11.3 Å². The van der Waals surface area contributed by atoms with Crippen LogP contribution in [0.1, 0.15) is 18.6 Å². The topological polar surface area (TPSA) is 89.7 Å². The van der Waals surface area contributed by atoms with E-state index in [1.165, 1.54) is 12.1 Å². The summed E-state index contributed by atoms with van der Waals surface area (Å²) in [4.78, 5) is 21.6. The Kier molecular flexibility index (Phi) is 5.02. The Morgan fingerprint density at radius 3 is 2.79 bits per heavy atom. The Hall–Kier alpha value is -1.92. The number of nitro groups is 1. The molecule has 1 aromatic carbocycles. The van der Waals surface area contributed by atoms with E-state index in [0.29, 0.717) is 0 Å². The zero-order valence-electron chi connectivity index (χ0n) is 10.1. The summed E-state index contributed by atoms with van der Waals surface area (Å²) in [5.74, 6) is -0.815. The maximum absolute atomic E-state index is 11.4. The number of carbonyl (C=O) groups is 1. The van der Waals surface area contributed by atoms with E-state index in [-0.39, 0.29) is 28.5 Å². The van der Waals surface area contributed by atoms with Crippen LogP contribution in [0.25, 0.3) is 0 Å². The second-order valence-corrected chi connectivity index (χ2v) is 4.04. The Bertz CT molecular complexity index is 529. The van der Waals surface area contributed by atoms with Gasteiger partial charge >= 0.3 is 5.97 Å². The SMILES string of the molecule is C=C(C(=O)OCC)C(O)c1cc(Cl)ccc1[N+](=O)[O-]. The van der Waals surface area contributed by atoms with Gasteiger partial charge in [-0.05, 0) is 19.1 Å². The quantitative estimate of drug-likeness (QED) is 0.388. The first-order valence-electron chi connectivity index (χ1n) is 5.36. The van der Waals surface area contributed by atoms with E-state index in [0.717, 1.165) is 6.07 Å². The Labute approximate surface area is 114 Å². The summed E-state index contributed by atoms with van der Waals surface area (Å²) < 4.78 is 4.68. The standard InChI is InChI=1S/C12H12ClNO5/c1-3-19-12(16)7(2)11(15)9-6-8(13)4-5-10(9)14(17)18/h4-6,11,15H,2-3H2,1H3. The van der Waals surface area contributed by atoms with Crippen LogP contribution < -0.4 is 0 Å². The second-order valence-electron chi connectivity index (χ2n) is 3.61. The van der Waals surface area contributed by atoms with Crippen LogP contribution in [0.5, 0.6) is 0 Å². The summed E-state index contributed by atoms with van der Waals surface area (Å²) in [5, 5.41) is 21.0. The Morgan fingerprint density at radius 2 is 2.26 bits per heavy atom. The molecule has 0 saturated carbocycles. The predicted molar refractivity (Wildman–Crippen MR) is 68.8 cm³/mol. The maximum atomic E-state index is 11.4. The first kappa shape index (κ1) is 15.1. The molecule has 1 N–H and O–H groups in total. The van der Waals surface area contributed by atoms with Gasteiger partial charge in [0.25, 0.3) is 5.69 Å². The van der Waals surface area contributed by atoms with Crippen molar-refractivity contribution in [2.24, 2.45) is 0 Å². The van der Waals surface area contributed by atoms with Gasteiger partial charge in [-0.15, -0.1) is 0 Å². The van der Waals surface area contributed by atoms with Gasteiger partial charge < -0.3 is 9.84 Å². The van der Waals surface area contributed by atoms with Crippen molar-refractivity contribution in [2.75, 3.05) is 6.61 Å². The third kappa shape index (κ3) is 3.52. The number of hydrogen-bond acceptors (Lipinski definition) is 5. The molecule has 0 amide bonds. The van der Waals surface area contributed by atoms with Crippen molar-refractivity contribution in [1.82, 2.24) is 0 Å². The first-order valence-corrected chi connectivity index (χ1v) is 5.74. The molecule has 0 fully saturated rings. The third-order valence-electron chi connectivity index (χ3n) is 2.35. The summed E-state index contributed by atoms with van der Waals surface area (Å²) in [5.41, 5.74) is -0.731. The van der Waals surface area contributed by atoms with Gasteiger partial charge in [0, 0.05) is 11.1 Å². The third-order valence-corrected chi connectivity index (χ3v) is 2.58. The van der Waals surface area contributed by atoms with E-state index in [4.69, 9.17) is 11.6 Å². The lowest BCUT2D eigenvalue weighted by Gasteiger charge is -2.13. The smallest absolute Gasteiger partial charge is 0.336 e. The minimum atomic E-state index is -1.54. The molecule has 1 atom stereocenters. The lowest BCUT2D eigenvalue weighted by Crippen LogP contribution is -2.14. The van der Waals surface area contributed by atoms with Crippen LogP contribution in [0.4, 0.5) is 5.69 Å². The molecule has 1 aromatic rings. The van der Waals surface area contributed by atoms with E-state index in [1.54, 1.807) is 6.92 Å². The number of carbonyl (C=O) groups excluding carboxylic acids is 1. The molecule has 0 radical (unpaired) electrons. The second kappa shape index (κ2) is 6.31. The fraction of sp³-hybridized carbons (Fsp3) is 0.250. The summed E-state index contributed by atoms with van der Waals surface area (Å²) >= 11 is 5.73. The van der Waals surface area contributed by atoms with E-state index >= 15 is 0 Å². The molecule has 19 heavy (non-hydrogen) atoms. The Morgan fingerprint density at radius 1 is 1.63 bits per heavy atom. The number of esters is 1. The van der Waals surface area contributed by atoms with Crippen LogP contribution >= 0.6 is 11.6 Å². The number of rotatable bonds is 5. The maximum Gasteiger partial charge on any atom is 0.336 e. The number of aliphatic hydroxyl groups excluding tert-OH is 1. The van der Waals surface area contributed by atoms with Crippen molar-refractivity contribution < 1.29 is 19.6 Å². The molecule has 1 unspecified atom stereocenters. The monoisotopic (exact) mass is 285 g/mol. The van der Waals surface area contributed by atoms with Gasteiger partial charge in [0.1, 0.15) is 6.10 Å². The normalized spacial score (nSPS) is 11.7. The largest absolute Gasteiger partial charge is 0.463 e. The molecule has 0 saturated heterocycles. The Balaban J connectivity index is 3.14. The van der Waals surface area contributed by atoms with E-state index in [1.807, 2.05) is 0 Å². The first-order chi connectivity index (χ1) is 8.88. The molecule has 7 heteroatoms. The minimum absolute atomic E-state index is 0.101. The summed E-state index contributed by atoms with van der Waals surface area (Å²) in [7, 11) is 0. The van der Waals surface area contributed by atoms with Gasteiger partial charge in [-0.1, -0.05) is 18.2 Å². The highest BCUT2D eigenvalue weighted by Crippen LogP contribution is 2.31. The van der Waals surface area contributed by atoms with Crippen LogP contribution in [0.15, 0.2) is 30.4 Å². The summed E-state index contributed by atoms with van der Waals surface area (Å²) in [6.45, 7) is 5.10. The van der Waals surface area contributed by atoms with Gasteiger partial charge in [-0.25, -0.2) is 4.79 Å². The number of benzene rings is 1. The van der Waals surface area contributed by atoms with E-state index < -0.39 is 17.0 Å². The molecular weight excluding hydrogens is 274 g/mol. The average Bonchev–Trinajstić information content (AvgIpc) is 2.36. The minimum Gasteiger partial charge on any atom is -0.463 e. The van der Waals surface area contributed by atoms with Gasteiger partial charge in [0.05, 0.1) is 22.7 Å². The van der Waals surface area contributed by atoms with Crippen molar-refractivity contribution in [3.8, 4) is 0 Å². The van der Waals surface area contributed by atoms with Gasteiger partial charge in [0.2, 0.25) is 0 Å². The van der Waals surface area contributed by atoms with Crippen LogP contribution in [-0.4, -0.2) is 22.6 Å². The van der Waals surface area contributed by atoms with Crippen molar-refractivity contribution >= 4 is 23.3 Å². The molecule has 102 valence electrons. The van der Waals surface area contributed by atoms with Crippen molar-refractivity contribution in [3.63, 3.8) is 0 Å². The lowest BCUT2D eigenvalue weighted by molar-refractivity contribution is -0.386. The number of aliphatic hydroxyl groups is 1. The predicted octanol–water partition coefficient (Wildman–Crippen LogP) is 2.40. The molecule has 1 rings (SSSR count). The van der Waals surface area contributed by atoms with Gasteiger partial charge in [-0.2, -0.15) is 0 Å². The highest BCUT2D eigenvalue weighted by atomic mass is 35.5. The molecule has 0 aliphatic carbocycles. The fourth-order valence-corrected chi connectivity index (χ4v) is 1.61. The molecule has 0 aromatic heterocycles. The number of nitrogens with zero attached hydrogens (tertiary/aromatic N) is 1. The number of halogens is 1. The molecular formula is C12H12ClNO5. The van der Waals surface area contributed by atoms with E-state index in [9.17, 15) is 20.0 Å². The lowest BCUT2D eigenvalue weighted by atomic mass is 10.0. The molecule has 6 nitrogen and oxygen atoms in total. The molecule has 0 spiro atoms. The summed E-state index contributed by atoms with van der Waals surface area (Å²) in [6.07, 6.45) is -1.54. The zero-order valence-corrected chi connectivity index (χ0v) is 10.9. The molecule has 0 bridgehead atoms. The molecule has 0 aliphatic heterocycles. The molecule has 0 heterocycles. The van der Waals surface area contributed by atoms with Crippen LogP contribution in [0.2, 0.25) is 5.02 Å². The van der Waals surface area contributed by atoms with Crippen molar-refractivity contribution in [3.05, 3.63) is 51.1 Å².